The predicted molar refractivity (Wildman–Crippen MR) is 88.1 cm³/mol. The molecule has 0 aromatic carbocycles. The van der Waals surface area contributed by atoms with Gasteiger partial charge in [-0.05, 0) is 32.8 Å². The summed E-state index contributed by atoms with van der Waals surface area (Å²) in [5, 5.41) is 4.20. The SMILES string of the molecule is CCn1ncc(-c2cc(C(F)(F)F)nc(N3CCC(N)CC3)n2)c1C. The number of nitrogens with zero attached hydrogens (tertiary/aromatic N) is 5. The van der Waals surface area contributed by atoms with Crippen molar-refractivity contribution >= 4 is 5.95 Å². The number of hydrogen-bond acceptors (Lipinski definition) is 5. The molecule has 0 atom stereocenters. The van der Waals surface area contributed by atoms with Crippen LogP contribution >= 0.6 is 0 Å². The molecule has 2 aromatic heterocycles. The van der Waals surface area contributed by atoms with E-state index in [9.17, 15) is 13.2 Å². The zero-order valence-electron chi connectivity index (χ0n) is 14.2. The molecule has 0 spiro atoms. The molecule has 1 fully saturated rings. The van der Waals surface area contributed by atoms with Gasteiger partial charge in [-0.25, -0.2) is 9.97 Å². The van der Waals surface area contributed by atoms with E-state index in [1.807, 2.05) is 13.8 Å². The van der Waals surface area contributed by atoms with Crippen LogP contribution in [0.2, 0.25) is 0 Å². The summed E-state index contributed by atoms with van der Waals surface area (Å²) in [4.78, 5) is 9.92. The molecule has 0 unspecified atom stereocenters. The standard InChI is InChI=1S/C16H21F3N6/c1-3-25-10(2)12(9-21-25)13-8-14(16(17,18)19)23-15(22-13)24-6-4-11(20)5-7-24/h8-9,11H,3-7,20H2,1-2H3. The van der Waals surface area contributed by atoms with E-state index in [1.54, 1.807) is 15.8 Å². The van der Waals surface area contributed by atoms with Crippen molar-refractivity contribution in [2.75, 3.05) is 18.0 Å². The van der Waals surface area contributed by atoms with E-state index in [1.165, 1.54) is 0 Å². The highest BCUT2D eigenvalue weighted by Gasteiger charge is 2.35. The van der Waals surface area contributed by atoms with Gasteiger partial charge in [0.25, 0.3) is 0 Å². The molecule has 136 valence electrons. The van der Waals surface area contributed by atoms with Crippen molar-refractivity contribution in [3.05, 3.63) is 23.7 Å². The third-order valence-electron chi connectivity index (χ3n) is 4.51. The zero-order valence-corrected chi connectivity index (χ0v) is 14.2. The largest absolute Gasteiger partial charge is 0.433 e. The maximum atomic E-state index is 13.3. The van der Waals surface area contributed by atoms with Gasteiger partial charge in [-0.2, -0.15) is 18.3 Å². The van der Waals surface area contributed by atoms with E-state index in [0.29, 0.717) is 38.0 Å². The van der Waals surface area contributed by atoms with Crippen LogP contribution in [-0.2, 0) is 12.7 Å². The minimum absolute atomic E-state index is 0.0755. The van der Waals surface area contributed by atoms with Crippen LogP contribution in [0.3, 0.4) is 0 Å². The van der Waals surface area contributed by atoms with Gasteiger partial charge in [-0.1, -0.05) is 0 Å². The molecule has 3 rings (SSSR count). The first-order chi connectivity index (χ1) is 11.8. The van der Waals surface area contributed by atoms with Crippen molar-refractivity contribution < 1.29 is 13.2 Å². The van der Waals surface area contributed by atoms with Crippen molar-refractivity contribution in [3.8, 4) is 11.3 Å². The van der Waals surface area contributed by atoms with Crippen LogP contribution in [0.4, 0.5) is 19.1 Å². The average Bonchev–Trinajstić information content (AvgIpc) is 2.95. The van der Waals surface area contributed by atoms with Gasteiger partial charge in [0.1, 0.15) is 0 Å². The van der Waals surface area contributed by atoms with Gasteiger partial charge in [0.15, 0.2) is 5.69 Å². The molecular weight excluding hydrogens is 333 g/mol. The summed E-state index contributed by atoms with van der Waals surface area (Å²) in [5.74, 6) is 0.0976. The number of aryl methyl sites for hydroxylation is 1. The molecule has 3 heterocycles. The smallest absolute Gasteiger partial charge is 0.341 e. The highest BCUT2D eigenvalue weighted by Crippen LogP contribution is 2.33. The van der Waals surface area contributed by atoms with Crippen LogP contribution in [0.15, 0.2) is 12.3 Å². The maximum absolute atomic E-state index is 13.3. The molecular formula is C16H21F3N6. The van der Waals surface area contributed by atoms with E-state index < -0.39 is 11.9 Å². The minimum Gasteiger partial charge on any atom is -0.341 e. The molecule has 0 amide bonds. The van der Waals surface area contributed by atoms with Crippen LogP contribution in [0.5, 0.6) is 0 Å². The molecule has 9 heteroatoms. The molecule has 0 bridgehead atoms. The monoisotopic (exact) mass is 354 g/mol. The summed E-state index contributed by atoms with van der Waals surface area (Å²) in [6.45, 7) is 5.48. The lowest BCUT2D eigenvalue weighted by Crippen LogP contribution is -2.40. The molecule has 2 aromatic rings. The summed E-state index contributed by atoms with van der Waals surface area (Å²) >= 11 is 0. The van der Waals surface area contributed by atoms with Crippen LogP contribution < -0.4 is 10.6 Å². The molecule has 2 N–H and O–H groups in total. The molecule has 0 aliphatic carbocycles. The first kappa shape index (κ1) is 17.7. The van der Waals surface area contributed by atoms with Crippen LogP contribution in [0.1, 0.15) is 31.2 Å². The summed E-state index contributed by atoms with van der Waals surface area (Å²) < 4.78 is 41.7. The van der Waals surface area contributed by atoms with Gasteiger partial charge < -0.3 is 10.6 Å². The summed E-state index contributed by atoms with van der Waals surface area (Å²) in [5.41, 5.74) is 6.54. The van der Waals surface area contributed by atoms with Crippen molar-refractivity contribution in [3.63, 3.8) is 0 Å². The molecule has 25 heavy (non-hydrogen) atoms. The maximum Gasteiger partial charge on any atom is 0.433 e. The number of aromatic nitrogens is 4. The lowest BCUT2D eigenvalue weighted by atomic mass is 10.1. The van der Waals surface area contributed by atoms with Crippen molar-refractivity contribution in [2.45, 2.75) is 45.5 Å². The van der Waals surface area contributed by atoms with Crippen molar-refractivity contribution in [1.82, 2.24) is 19.7 Å². The fourth-order valence-electron chi connectivity index (χ4n) is 2.98. The second-order valence-electron chi connectivity index (χ2n) is 6.22. The van der Waals surface area contributed by atoms with Gasteiger partial charge in [0.2, 0.25) is 5.95 Å². The van der Waals surface area contributed by atoms with Gasteiger partial charge in [-0.15, -0.1) is 0 Å². The lowest BCUT2D eigenvalue weighted by Gasteiger charge is -2.30. The quantitative estimate of drug-likeness (QED) is 0.917. The fourth-order valence-corrected chi connectivity index (χ4v) is 2.98. The fraction of sp³-hybridized carbons (Fsp3) is 0.562. The second kappa shape index (κ2) is 6.62. The van der Waals surface area contributed by atoms with Crippen molar-refractivity contribution in [1.29, 1.82) is 0 Å². The molecule has 0 radical (unpaired) electrons. The van der Waals surface area contributed by atoms with Gasteiger partial charge in [0.05, 0.1) is 11.9 Å². The van der Waals surface area contributed by atoms with Crippen molar-refractivity contribution in [2.24, 2.45) is 5.73 Å². The topological polar surface area (TPSA) is 72.9 Å². The number of nitrogens with two attached hydrogens (primary N) is 1. The Hall–Kier alpha value is -2.16. The predicted octanol–water partition coefficient (Wildman–Crippen LogP) is 2.61. The number of piperidine rings is 1. The highest BCUT2D eigenvalue weighted by atomic mass is 19.4. The van der Waals surface area contributed by atoms with Gasteiger partial charge in [-0.3, -0.25) is 4.68 Å². The van der Waals surface area contributed by atoms with Crippen LogP contribution in [0, 0.1) is 6.92 Å². The van der Waals surface area contributed by atoms with E-state index in [0.717, 1.165) is 11.8 Å². The number of alkyl halides is 3. The first-order valence-corrected chi connectivity index (χ1v) is 8.29. The second-order valence-corrected chi connectivity index (χ2v) is 6.22. The summed E-state index contributed by atoms with van der Waals surface area (Å²) in [6.07, 6.45) is -1.56. The minimum atomic E-state index is -4.53. The third-order valence-corrected chi connectivity index (χ3v) is 4.51. The Morgan fingerprint density at radius 2 is 1.92 bits per heavy atom. The Morgan fingerprint density at radius 3 is 2.48 bits per heavy atom. The highest BCUT2D eigenvalue weighted by molar-refractivity contribution is 5.63. The van der Waals surface area contributed by atoms with E-state index in [2.05, 4.69) is 15.1 Å². The molecule has 1 aliphatic heterocycles. The Kier molecular flexibility index (Phi) is 4.68. The third kappa shape index (κ3) is 3.60. The van der Waals surface area contributed by atoms with Gasteiger partial charge >= 0.3 is 6.18 Å². The lowest BCUT2D eigenvalue weighted by molar-refractivity contribution is -0.141. The first-order valence-electron chi connectivity index (χ1n) is 8.29. The number of halogens is 3. The number of rotatable bonds is 3. The van der Waals surface area contributed by atoms with E-state index in [-0.39, 0.29) is 17.7 Å². The average molecular weight is 354 g/mol. The Bertz CT molecular complexity index is 747. The molecule has 0 saturated carbocycles. The molecule has 1 aliphatic rings. The molecule has 6 nitrogen and oxygen atoms in total. The zero-order chi connectivity index (χ0) is 18.2. The van der Waals surface area contributed by atoms with Crippen LogP contribution in [-0.4, -0.2) is 38.9 Å². The normalized spacial score (nSPS) is 16.5. The Labute approximate surface area is 143 Å². The summed E-state index contributed by atoms with van der Waals surface area (Å²) in [6, 6.07) is 1.06. The van der Waals surface area contributed by atoms with Gasteiger partial charge in [0, 0.05) is 36.9 Å². The number of anilines is 1. The summed E-state index contributed by atoms with van der Waals surface area (Å²) in [7, 11) is 0. The number of hydrogen-bond donors (Lipinski definition) is 1. The Balaban J connectivity index is 2.05. The van der Waals surface area contributed by atoms with E-state index >= 15 is 0 Å². The molecule has 1 saturated heterocycles. The van der Waals surface area contributed by atoms with E-state index in [4.69, 9.17) is 5.73 Å². The van der Waals surface area contributed by atoms with Crippen LogP contribution in [0.25, 0.3) is 11.3 Å². The Morgan fingerprint density at radius 1 is 1.24 bits per heavy atom.